The second kappa shape index (κ2) is 9.57. The van der Waals surface area contributed by atoms with Crippen LogP contribution in [0.3, 0.4) is 0 Å². The van der Waals surface area contributed by atoms with E-state index >= 15 is 0 Å². The molecule has 2 atom stereocenters. The first-order valence-electron chi connectivity index (χ1n) is 5.76. The topological polar surface area (TPSA) is 0 Å². The van der Waals surface area contributed by atoms with Crippen LogP contribution in [0, 0.1) is 0 Å². The van der Waals surface area contributed by atoms with Gasteiger partial charge in [-0.3, -0.25) is 0 Å². The van der Waals surface area contributed by atoms with Crippen molar-refractivity contribution >= 4 is 25.4 Å². The number of halogens is 1. The van der Waals surface area contributed by atoms with Crippen molar-refractivity contribution in [3.05, 3.63) is 66.2 Å². The standard InChI is InChI=1S/C9H12ClP.C6H5.Ni/c10-6-9(7-11)8-4-2-1-3-5-8;1-2-4-6-5-3-1;/h1-5,9H,6-7,11H2;1-5H;. The van der Waals surface area contributed by atoms with Crippen molar-refractivity contribution in [1.29, 1.82) is 0 Å². The molecule has 0 aliphatic carbocycles. The first-order chi connectivity index (χ1) is 8.77. The molecule has 0 saturated heterocycles. The minimum absolute atomic E-state index is 0.489. The maximum absolute atomic E-state index is 5.79. The zero-order valence-corrected chi connectivity index (χ0v) is 12.9. The molecule has 2 aromatic rings. The van der Waals surface area contributed by atoms with Crippen molar-refractivity contribution in [1.82, 2.24) is 0 Å². The fraction of sp³-hybridized carbons (Fsp3) is 0.200. The fourth-order valence-corrected chi connectivity index (χ4v) is 2.56. The Morgan fingerprint density at radius 3 is 1.78 bits per heavy atom. The van der Waals surface area contributed by atoms with Gasteiger partial charge in [0.25, 0.3) is 0 Å². The van der Waals surface area contributed by atoms with Gasteiger partial charge in [0.2, 0.25) is 0 Å². The number of benzene rings is 2. The van der Waals surface area contributed by atoms with E-state index in [4.69, 9.17) is 11.6 Å². The van der Waals surface area contributed by atoms with Crippen LogP contribution in [0.2, 0.25) is 0 Å². The third-order valence-electron chi connectivity index (χ3n) is 2.45. The second-order valence-corrected chi connectivity index (χ2v) is 5.11. The molecule has 0 radical (unpaired) electrons. The molecule has 2 rings (SSSR count). The van der Waals surface area contributed by atoms with E-state index in [2.05, 4.69) is 49.0 Å². The molecule has 0 spiro atoms. The SMILES string of the molecule is PCC(CCl)c1ccccc1.[Ni][c]1ccccc1. The van der Waals surface area contributed by atoms with Crippen molar-refractivity contribution in [2.45, 2.75) is 5.92 Å². The molecular formula is C15H17ClNiP. The molecular weight excluding hydrogens is 305 g/mol. The van der Waals surface area contributed by atoms with Crippen molar-refractivity contribution in [3.63, 3.8) is 0 Å². The van der Waals surface area contributed by atoms with Gasteiger partial charge in [-0.25, -0.2) is 0 Å². The second-order valence-electron chi connectivity index (χ2n) is 3.76. The summed E-state index contributed by atoms with van der Waals surface area (Å²) in [6, 6.07) is 20.1. The minimum atomic E-state index is 0.489. The molecule has 0 bridgehead atoms. The normalized spacial score (nSPS) is 11.3. The van der Waals surface area contributed by atoms with E-state index in [1.165, 1.54) is 5.56 Å². The molecule has 0 N–H and O–H groups in total. The Hall–Kier alpha value is -0.346. The number of rotatable bonds is 3. The predicted octanol–water partition coefficient (Wildman–Crippen LogP) is 3.74. The van der Waals surface area contributed by atoms with Crippen molar-refractivity contribution < 1.29 is 15.5 Å². The molecule has 0 heterocycles. The molecule has 0 amide bonds. The average molecular weight is 322 g/mol. The molecule has 2 unspecified atom stereocenters. The van der Waals surface area contributed by atoms with Gasteiger partial charge >= 0.3 is 50.3 Å². The molecule has 18 heavy (non-hydrogen) atoms. The van der Waals surface area contributed by atoms with Crippen LogP contribution in [0.25, 0.3) is 0 Å². The number of alkyl halides is 1. The first kappa shape index (κ1) is 15.7. The van der Waals surface area contributed by atoms with E-state index in [1.807, 2.05) is 36.4 Å². The third kappa shape index (κ3) is 6.01. The summed E-state index contributed by atoms with van der Waals surface area (Å²) in [7, 11) is 2.73. The Balaban J connectivity index is 0.000000199. The van der Waals surface area contributed by atoms with Crippen LogP contribution < -0.4 is 4.53 Å². The van der Waals surface area contributed by atoms with E-state index < -0.39 is 0 Å². The molecule has 0 aliphatic heterocycles. The van der Waals surface area contributed by atoms with Crippen molar-refractivity contribution in [2.75, 3.05) is 12.0 Å². The summed E-state index contributed by atoms with van der Waals surface area (Å²) >= 11 is 10.3. The van der Waals surface area contributed by atoms with E-state index in [0.717, 1.165) is 10.7 Å². The van der Waals surface area contributed by atoms with Gasteiger partial charge in [0, 0.05) is 11.8 Å². The van der Waals surface area contributed by atoms with E-state index in [9.17, 15) is 0 Å². The quantitative estimate of drug-likeness (QED) is 0.459. The zero-order chi connectivity index (χ0) is 13.2. The van der Waals surface area contributed by atoms with Crippen LogP contribution in [0.15, 0.2) is 60.7 Å². The summed E-state index contributed by atoms with van der Waals surface area (Å²) in [5.41, 5.74) is 1.33. The average Bonchev–Trinajstić information content (AvgIpc) is 2.43. The molecule has 0 fully saturated rings. The van der Waals surface area contributed by atoms with Crippen LogP contribution in [-0.4, -0.2) is 12.0 Å². The van der Waals surface area contributed by atoms with Gasteiger partial charge in [0.05, 0.1) is 0 Å². The van der Waals surface area contributed by atoms with E-state index in [0.29, 0.717) is 11.8 Å². The van der Waals surface area contributed by atoms with Gasteiger partial charge in [-0.15, -0.1) is 20.8 Å². The molecule has 0 saturated carbocycles. The molecule has 3 heteroatoms. The monoisotopic (exact) mass is 321 g/mol. The zero-order valence-electron chi connectivity index (χ0n) is 10.0. The molecule has 2 aromatic carbocycles. The van der Waals surface area contributed by atoms with Crippen LogP contribution in [0.1, 0.15) is 11.5 Å². The van der Waals surface area contributed by atoms with Gasteiger partial charge in [0.15, 0.2) is 0 Å². The van der Waals surface area contributed by atoms with Crippen LogP contribution >= 0.6 is 20.8 Å². The maximum atomic E-state index is 5.79. The third-order valence-corrected chi connectivity index (χ3v) is 3.73. The van der Waals surface area contributed by atoms with Gasteiger partial charge < -0.3 is 0 Å². The summed E-state index contributed by atoms with van der Waals surface area (Å²) in [6.45, 7) is 0. The summed E-state index contributed by atoms with van der Waals surface area (Å²) in [5.74, 6) is 1.19. The number of hydrogen-bond donors (Lipinski definition) is 0. The Morgan fingerprint density at radius 2 is 1.44 bits per heavy atom. The first-order valence-corrected chi connectivity index (χ1v) is 7.60. The van der Waals surface area contributed by atoms with Crippen molar-refractivity contribution in [2.24, 2.45) is 0 Å². The molecule has 0 aliphatic rings. The van der Waals surface area contributed by atoms with E-state index in [-0.39, 0.29) is 0 Å². The molecule has 0 nitrogen and oxygen atoms in total. The molecule has 99 valence electrons. The number of hydrogen-bond acceptors (Lipinski definition) is 0. The van der Waals surface area contributed by atoms with Gasteiger partial charge in [-0.1, -0.05) is 30.3 Å². The van der Waals surface area contributed by atoms with Crippen LogP contribution in [0.5, 0.6) is 0 Å². The van der Waals surface area contributed by atoms with Gasteiger partial charge in [-0.2, -0.15) is 0 Å². The fourth-order valence-electron chi connectivity index (χ4n) is 1.42. The van der Waals surface area contributed by atoms with Gasteiger partial charge in [-0.05, 0) is 11.7 Å². The predicted molar refractivity (Wildman–Crippen MR) is 80.6 cm³/mol. The Morgan fingerprint density at radius 1 is 0.944 bits per heavy atom. The summed E-state index contributed by atoms with van der Waals surface area (Å²) < 4.78 is 0.947. The van der Waals surface area contributed by atoms with E-state index in [1.54, 1.807) is 0 Å². The van der Waals surface area contributed by atoms with Crippen LogP contribution in [-0.2, 0) is 15.5 Å². The molecule has 0 aromatic heterocycles. The Bertz CT molecular complexity index is 415. The summed E-state index contributed by atoms with van der Waals surface area (Å²) in [4.78, 5) is 0. The van der Waals surface area contributed by atoms with Gasteiger partial charge in [0.1, 0.15) is 0 Å². The summed E-state index contributed by atoms with van der Waals surface area (Å²) in [6.07, 6.45) is 1.04. The van der Waals surface area contributed by atoms with Crippen LogP contribution in [0.4, 0.5) is 0 Å². The summed E-state index contributed by atoms with van der Waals surface area (Å²) in [5, 5.41) is 0. The van der Waals surface area contributed by atoms with Crippen molar-refractivity contribution in [3.8, 4) is 0 Å². The Labute approximate surface area is 125 Å². The Kier molecular flexibility index (Phi) is 8.35.